The molecular weight excluding hydrogens is 190 g/mol. The lowest BCUT2D eigenvalue weighted by atomic mass is 9.89. The van der Waals surface area contributed by atoms with Crippen LogP contribution < -0.4 is 0 Å². The van der Waals surface area contributed by atoms with Crippen LogP contribution in [0.1, 0.15) is 30.7 Å². The smallest absolute Gasteiger partial charge is 0.258 e. The maximum Gasteiger partial charge on any atom is 0.269 e. The van der Waals surface area contributed by atoms with E-state index in [1.807, 2.05) is 6.07 Å². The Bertz CT molecular complexity index is 398. The Balaban J connectivity index is 2.27. The van der Waals surface area contributed by atoms with Crippen molar-refractivity contribution in [2.24, 2.45) is 0 Å². The fourth-order valence-corrected chi connectivity index (χ4v) is 1.96. The Morgan fingerprint density at radius 2 is 2.27 bits per heavy atom. The highest BCUT2D eigenvalue weighted by Gasteiger charge is 2.13. The van der Waals surface area contributed by atoms with Crippen molar-refractivity contribution in [2.45, 2.75) is 25.2 Å². The van der Waals surface area contributed by atoms with Crippen molar-refractivity contribution < 1.29 is 4.92 Å². The minimum absolute atomic E-state index is 0.187. The fraction of sp³-hybridized carbons (Fsp3) is 0.333. The molecule has 1 aromatic rings. The number of hydrogen-bond acceptors (Lipinski definition) is 2. The third kappa shape index (κ3) is 2.24. The van der Waals surface area contributed by atoms with Gasteiger partial charge in [0.2, 0.25) is 0 Å². The first-order chi connectivity index (χ1) is 7.27. The van der Waals surface area contributed by atoms with Crippen molar-refractivity contribution in [3.05, 3.63) is 52.1 Å². The van der Waals surface area contributed by atoms with Crippen molar-refractivity contribution in [3.63, 3.8) is 0 Å². The van der Waals surface area contributed by atoms with E-state index in [0.717, 1.165) is 18.4 Å². The van der Waals surface area contributed by atoms with Crippen molar-refractivity contribution in [2.75, 3.05) is 0 Å². The molecule has 0 saturated heterocycles. The molecule has 0 spiro atoms. The van der Waals surface area contributed by atoms with E-state index >= 15 is 0 Å². The maximum absolute atomic E-state index is 10.6. The van der Waals surface area contributed by atoms with Crippen LogP contribution in [0.25, 0.3) is 0 Å². The zero-order chi connectivity index (χ0) is 10.7. The van der Waals surface area contributed by atoms with Crippen molar-refractivity contribution >= 4 is 5.69 Å². The van der Waals surface area contributed by atoms with Gasteiger partial charge in [-0.1, -0.05) is 24.3 Å². The lowest BCUT2D eigenvalue weighted by Crippen LogP contribution is -2.00. The summed E-state index contributed by atoms with van der Waals surface area (Å²) < 4.78 is 0. The normalized spacial score (nSPS) is 20.1. The van der Waals surface area contributed by atoms with Crippen LogP contribution in [0.15, 0.2) is 36.4 Å². The number of nitrogens with zero attached hydrogens (tertiary/aromatic N) is 1. The van der Waals surface area contributed by atoms with Crippen LogP contribution in [0, 0.1) is 10.1 Å². The van der Waals surface area contributed by atoms with Crippen LogP contribution in [0.4, 0.5) is 5.69 Å². The molecule has 0 aromatic heterocycles. The number of nitro benzene ring substituents is 1. The third-order valence-corrected chi connectivity index (χ3v) is 2.76. The van der Waals surface area contributed by atoms with Crippen LogP contribution in [-0.2, 0) is 0 Å². The van der Waals surface area contributed by atoms with Gasteiger partial charge in [-0.2, -0.15) is 0 Å². The summed E-state index contributed by atoms with van der Waals surface area (Å²) in [5, 5.41) is 10.6. The van der Waals surface area contributed by atoms with Crippen molar-refractivity contribution in [3.8, 4) is 0 Å². The molecule has 3 nitrogen and oxygen atoms in total. The van der Waals surface area contributed by atoms with E-state index < -0.39 is 0 Å². The molecular formula is C12H13NO2. The second kappa shape index (κ2) is 4.26. The van der Waals surface area contributed by atoms with Crippen LogP contribution in [-0.4, -0.2) is 4.92 Å². The number of allylic oxidation sites excluding steroid dienone is 2. The molecule has 0 N–H and O–H groups in total. The minimum Gasteiger partial charge on any atom is -0.258 e. The molecule has 1 aliphatic rings. The summed E-state index contributed by atoms with van der Waals surface area (Å²) in [6.45, 7) is 0. The van der Waals surface area contributed by atoms with E-state index in [9.17, 15) is 10.1 Å². The third-order valence-electron chi connectivity index (χ3n) is 2.76. The number of rotatable bonds is 2. The summed E-state index contributed by atoms with van der Waals surface area (Å²) in [7, 11) is 0. The molecule has 0 fully saturated rings. The summed E-state index contributed by atoms with van der Waals surface area (Å²) in [5.41, 5.74) is 1.24. The van der Waals surface area contributed by atoms with Gasteiger partial charge in [-0.3, -0.25) is 10.1 Å². The molecule has 0 unspecified atom stereocenters. The number of benzene rings is 1. The van der Waals surface area contributed by atoms with Gasteiger partial charge in [0.1, 0.15) is 0 Å². The van der Waals surface area contributed by atoms with Crippen molar-refractivity contribution in [1.82, 2.24) is 0 Å². The Morgan fingerprint density at radius 1 is 1.40 bits per heavy atom. The van der Waals surface area contributed by atoms with Crippen LogP contribution in [0.5, 0.6) is 0 Å². The van der Waals surface area contributed by atoms with Gasteiger partial charge in [0.15, 0.2) is 0 Å². The second-order valence-electron chi connectivity index (χ2n) is 3.82. The Kier molecular flexibility index (Phi) is 2.81. The largest absolute Gasteiger partial charge is 0.269 e. The highest BCUT2D eigenvalue weighted by Crippen LogP contribution is 2.29. The lowest BCUT2D eigenvalue weighted by molar-refractivity contribution is -0.384. The molecule has 0 radical (unpaired) electrons. The summed E-state index contributed by atoms with van der Waals surface area (Å²) >= 11 is 0. The maximum atomic E-state index is 10.6. The van der Waals surface area contributed by atoms with Gasteiger partial charge >= 0.3 is 0 Å². The molecule has 1 aromatic carbocycles. The van der Waals surface area contributed by atoms with Gasteiger partial charge in [-0.05, 0) is 24.8 Å². The van der Waals surface area contributed by atoms with E-state index in [0.29, 0.717) is 5.92 Å². The lowest BCUT2D eigenvalue weighted by Gasteiger charge is -2.16. The van der Waals surface area contributed by atoms with Crippen LogP contribution >= 0.6 is 0 Å². The number of non-ortho nitro benzene ring substituents is 1. The van der Waals surface area contributed by atoms with E-state index in [1.54, 1.807) is 12.1 Å². The topological polar surface area (TPSA) is 43.1 Å². The van der Waals surface area contributed by atoms with Gasteiger partial charge in [-0.25, -0.2) is 0 Å². The first kappa shape index (κ1) is 9.90. The van der Waals surface area contributed by atoms with E-state index in [4.69, 9.17) is 0 Å². The van der Waals surface area contributed by atoms with Crippen LogP contribution in [0.3, 0.4) is 0 Å². The molecule has 0 saturated carbocycles. The molecule has 1 atom stereocenters. The zero-order valence-electron chi connectivity index (χ0n) is 8.43. The molecule has 15 heavy (non-hydrogen) atoms. The van der Waals surface area contributed by atoms with Gasteiger partial charge in [0, 0.05) is 18.1 Å². The SMILES string of the molecule is O=[N+]([O-])c1cccc([C@@H]2C=CCCC2)c1. The molecule has 0 amide bonds. The van der Waals surface area contributed by atoms with E-state index in [-0.39, 0.29) is 10.6 Å². The average Bonchev–Trinajstić information content (AvgIpc) is 2.30. The van der Waals surface area contributed by atoms with Gasteiger partial charge in [-0.15, -0.1) is 0 Å². The standard InChI is InChI=1S/C12H13NO2/c14-13(15)12-8-4-7-11(9-12)10-5-2-1-3-6-10/h2,4-5,7-10H,1,3,6H2/t10-/m1/s1. The summed E-state index contributed by atoms with van der Waals surface area (Å²) in [6, 6.07) is 6.94. The fourth-order valence-electron chi connectivity index (χ4n) is 1.96. The first-order valence-electron chi connectivity index (χ1n) is 5.18. The number of nitro groups is 1. The first-order valence-corrected chi connectivity index (χ1v) is 5.18. The van der Waals surface area contributed by atoms with Gasteiger partial charge < -0.3 is 0 Å². The van der Waals surface area contributed by atoms with Gasteiger partial charge in [0.25, 0.3) is 5.69 Å². The highest BCUT2D eigenvalue weighted by molar-refractivity contribution is 5.37. The predicted octanol–water partition coefficient (Wildman–Crippen LogP) is 3.42. The predicted molar refractivity (Wildman–Crippen MR) is 58.8 cm³/mol. The molecule has 78 valence electrons. The second-order valence-corrected chi connectivity index (χ2v) is 3.82. The summed E-state index contributed by atoms with van der Waals surface area (Å²) in [5.74, 6) is 0.360. The molecule has 1 aliphatic carbocycles. The van der Waals surface area contributed by atoms with E-state index in [1.165, 1.54) is 12.5 Å². The molecule has 0 heterocycles. The summed E-state index contributed by atoms with van der Waals surface area (Å²) in [6.07, 6.45) is 7.71. The van der Waals surface area contributed by atoms with E-state index in [2.05, 4.69) is 12.2 Å². The minimum atomic E-state index is -0.337. The summed E-state index contributed by atoms with van der Waals surface area (Å²) in [4.78, 5) is 10.3. The average molecular weight is 203 g/mol. The van der Waals surface area contributed by atoms with Crippen LogP contribution in [0.2, 0.25) is 0 Å². The molecule has 0 aliphatic heterocycles. The molecule has 3 heteroatoms. The Hall–Kier alpha value is -1.64. The number of hydrogen-bond donors (Lipinski definition) is 0. The van der Waals surface area contributed by atoms with Crippen molar-refractivity contribution in [1.29, 1.82) is 0 Å². The zero-order valence-corrected chi connectivity index (χ0v) is 8.43. The quantitative estimate of drug-likeness (QED) is 0.420. The highest BCUT2D eigenvalue weighted by atomic mass is 16.6. The molecule has 2 rings (SSSR count). The Morgan fingerprint density at radius 3 is 2.93 bits per heavy atom. The van der Waals surface area contributed by atoms with Gasteiger partial charge in [0.05, 0.1) is 4.92 Å². The monoisotopic (exact) mass is 203 g/mol. The Labute approximate surface area is 88.6 Å². The molecule has 0 bridgehead atoms.